The Morgan fingerprint density at radius 3 is 2.95 bits per heavy atom. The molecule has 0 bridgehead atoms. The summed E-state index contributed by atoms with van der Waals surface area (Å²) in [6.45, 7) is 2.68. The molecule has 2 atom stereocenters. The van der Waals surface area contributed by atoms with Crippen LogP contribution in [0.5, 0.6) is 5.75 Å². The summed E-state index contributed by atoms with van der Waals surface area (Å²) in [7, 11) is 0. The predicted molar refractivity (Wildman–Crippen MR) is 75.9 cm³/mol. The Kier molecular flexibility index (Phi) is 5.07. The number of allylic oxidation sites excluding steroid dienone is 1. The summed E-state index contributed by atoms with van der Waals surface area (Å²) < 4.78 is 11.5. The fourth-order valence-corrected chi connectivity index (χ4v) is 2.25. The van der Waals surface area contributed by atoms with Gasteiger partial charge in [0.25, 0.3) is 0 Å². The Hall–Kier alpha value is -1.23. The minimum Gasteiger partial charge on any atom is -0.496 e. The fourth-order valence-electron chi connectivity index (χ4n) is 2.07. The summed E-state index contributed by atoms with van der Waals surface area (Å²) in [5, 5.41) is 0.648. The van der Waals surface area contributed by atoms with Crippen LogP contribution in [0.15, 0.2) is 36.1 Å². The van der Waals surface area contributed by atoms with Crippen LogP contribution in [0.3, 0.4) is 0 Å². The van der Waals surface area contributed by atoms with E-state index in [1.54, 1.807) is 6.07 Å². The summed E-state index contributed by atoms with van der Waals surface area (Å²) in [5.41, 5.74) is 2.76. The number of hydrogen-bond donors (Lipinski definition) is 2. The average Bonchev–Trinajstić information content (AvgIpc) is 2.41. The van der Waals surface area contributed by atoms with Gasteiger partial charge >= 0.3 is 0 Å². The molecule has 2 unspecified atom stereocenters. The van der Waals surface area contributed by atoms with Crippen LogP contribution in [-0.2, 0) is 4.74 Å². The lowest BCUT2D eigenvalue weighted by molar-refractivity contribution is 0.113. The van der Waals surface area contributed by atoms with Gasteiger partial charge in [0.1, 0.15) is 23.7 Å². The maximum absolute atomic E-state index is 5.93. The predicted octanol–water partition coefficient (Wildman–Crippen LogP) is 2.63. The Balaban J connectivity index is 2.04. The summed E-state index contributed by atoms with van der Waals surface area (Å²) in [6.07, 6.45) is 3.96. The molecule has 1 aromatic rings. The molecule has 0 aliphatic carbocycles. The van der Waals surface area contributed by atoms with Gasteiger partial charge in [-0.15, -0.1) is 0 Å². The number of hydrogen-bond acceptors (Lipinski definition) is 4. The molecular formula is C14H19ClN2O2. The third-order valence-corrected chi connectivity index (χ3v) is 3.27. The molecule has 2 rings (SSSR count). The Labute approximate surface area is 118 Å². The van der Waals surface area contributed by atoms with E-state index in [2.05, 4.69) is 11.5 Å². The monoisotopic (exact) mass is 282 g/mol. The van der Waals surface area contributed by atoms with E-state index in [1.807, 2.05) is 25.1 Å². The largest absolute Gasteiger partial charge is 0.496 e. The normalized spacial score (nSPS) is 18.2. The molecule has 19 heavy (non-hydrogen) atoms. The highest BCUT2D eigenvalue weighted by Gasteiger charge is 2.24. The van der Waals surface area contributed by atoms with Crippen molar-refractivity contribution in [1.82, 2.24) is 5.43 Å². The molecule has 104 valence electrons. The molecule has 0 aromatic heterocycles. The molecule has 0 saturated carbocycles. The lowest BCUT2D eigenvalue weighted by atomic mass is 10.1. The minimum atomic E-state index is -0.167. The summed E-state index contributed by atoms with van der Waals surface area (Å²) in [6, 6.07) is 7.14. The number of hydrazine groups is 1. The van der Waals surface area contributed by atoms with Crippen LogP contribution >= 0.6 is 11.6 Å². The topological polar surface area (TPSA) is 56.5 Å². The number of rotatable bonds is 5. The lowest BCUT2D eigenvalue weighted by Crippen LogP contribution is -2.47. The SMILES string of the molecule is CC(Oc1cccc(Cl)c1)C(NN)C1=CCCCO1. The molecule has 5 heteroatoms. The van der Waals surface area contributed by atoms with E-state index in [-0.39, 0.29) is 12.1 Å². The van der Waals surface area contributed by atoms with Gasteiger partial charge in [-0.25, -0.2) is 5.43 Å². The van der Waals surface area contributed by atoms with Gasteiger partial charge in [-0.1, -0.05) is 17.7 Å². The van der Waals surface area contributed by atoms with Crippen LogP contribution in [0.2, 0.25) is 5.02 Å². The van der Waals surface area contributed by atoms with Crippen LogP contribution in [0.25, 0.3) is 0 Å². The molecule has 0 radical (unpaired) electrons. The zero-order valence-corrected chi connectivity index (χ0v) is 11.7. The van der Waals surface area contributed by atoms with Gasteiger partial charge in [0.2, 0.25) is 0 Å². The Morgan fingerprint density at radius 1 is 1.47 bits per heavy atom. The Bertz CT molecular complexity index is 451. The maximum Gasteiger partial charge on any atom is 0.121 e. The van der Waals surface area contributed by atoms with Crippen molar-refractivity contribution in [3.05, 3.63) is 41.1 Å². The van der Waals surface area contributed by atoms with Crippen molar-refractivity contribution in [3.8, 4) is 5.75 Å². The Morgan fingerprint density at radius 2 is 2.32 bits per heavy atom. The van der Waals surface area contributed by atoms with Crippen LogP contribution in [0.4, 0.5) is 0 Å². The molecule has 0 spiro atoms. The summed E-state index contributed by atoms with van der Waals surface area (Å²) >= 11 is 5.93. The smallest absolute Gasteiger partial charge is 0.121 e. The molecule has 0 amide bonds. The highest BCUT2D eigenvalue weighted by Crippen LogP contribution is 2.22. The van der Waals surface area contributed by atoms with Crippen molar-refractivity contribution in [1.29, 1.82) is 0 Å². The number of halogens is 1. The van der Waals surface area contributed by atoms with Gasteiger partial charge in [0.15, 0.2) is 0 Å². The average molecular weight is 283 g/mol. The van der Waals surface area contributed by atoms with Crippen molar-refractivity contribution in [2.45, 2.75) is 31.9 Å². The summed E-state index contributed by atoms with van der Waals surface area (Å²) in [4.78, 5) is 0. The molecule has 3 N–H and O–H groups in total. The standard InChI is InChI=1S/C14H19ClN2O2/c1-10(19-12-6-4-5-11(15)9-12)14(17-16)13-7-2-3-8-18-13/h4-7,9-10,14,17H,2-3,8,16H2,1H3. The number of nitrogens with one attached hydrogen (secondary N) is 1. The minimum absolute atomic E-state index is 0.159. The van der Waals surface area contributed by atoms with Crippen molar-refractivity contribution in [3.63, 3.8) is 0 Å². The van der Waals surface area contributed by atoms with E-state index in [0.717, 1.165) is 31.0 Å². The first-order valence-corrected chi connectivity index (χ1v) is 6.79. The van der Waals surface area contributed by atoms with E-state index in [9.17, 15) is 0 Å². The second-order valence-electron chi connectivity index (χ2n) is 4.52. The van der Waals surface area contributed by atoms with Gasteiger partial charge in [0.05, 0.1) is 6.61 Å². The number of nitrogens with two attached hydrogens (primary N) is 1. The molecule has 1 aromatic carbocycles. The summed E-state index contributed by atoms with van der Waals surface area (Å²) in [5.74, 6) is 7.18. The lowest BCUT2D eigenvalue weighted by Gasteiger charge is -2.28. The number of benzene rings is 1. The van der Waals surface area contributed by atoms with Gasteiger partial charge in [-0.05, 0) is 44.0 Å². The quantitative estimate of drug-likeness (QED) is 0.644. The van der Waals surface area contributed by atoms with E-state index in [4.69, 9.17) is 26.9 Å². The van der Waals surface area contributed by atoms with Gasteiger partial charge in [0, 0.05) is 5.02 Å². The van der Waals surface area contributed by atoms with Crippen LogP contribution in [0, 0.1) is 0 Å². The highest BCUT2D eigenvalue weighted by atomic mass is 35.5. The molecule has 4 nitrogen and oxygen atoms in total. The van der Waals surface area contributed by atoms with Crippen LogP contribution < -0.4 is 16.0 Å². The highest BCUT2D eigenvalue weighted by molar-refractivity contribution is 6.30. The zero-order chi connectivity index (χ0) is 13.7. The number of ether oxygens (including phenoxy) is 2. The molecule has 1 heterocycles. The van der Waals surface area contributed by atoms with E-state index in [1.165, 1.54) is 0 Å². The first-order chi connectivity index (χ1) is 9.20. The van der Waals surface area contributed by atoms with E-state index >= 15 is 0 Å². The van der Waals surface area contributed by atoms with Crippen molar-refractivity contribution < 1.29 is 9.47 Å². The first-order valence-electron chi connectivity index (χ1n) is 6.42. The second-order valence-corrected chi connectivity index (χ2v) is 4.96. The molecule has 0 fully saturated rings. The van der Waals surface area contributed by atoms with E-state index < -0.39 is 0 Å². The van der Waals surface area contributed by atoms with Crippen LogP contribution in [-0.4, -0.2) is 18.8 Å². The third-order valence-electron chi connectivity index (χ3n) is 3.04. The first kappa shape index (κ1) is 14.2. The maximum atomic E-state index is 5.93. The van der Waals surface area contributed by atoms with Crippen molar-refractivity contribution >= 4 is 11.6 Å². The second kappa shape index (κ2) is 6.80. The van der Waals surface area contributed by atoms with Gasteiger partial charge < -0.3 is 9.47 Å². The van der Waals surface area contributed by atoms with Crippen molar-refractivity contribution in [2.24, 2.45) is 5.84 Å². The zero-order valence-electron chi connectivity index (χ0n) is 10.9. The molecule has 0 saturated heterocycles. The molecule has 1 aliphatic heterocycles. The van der Waals surface area contributed by atoms with Crippen molar-refractivity contribution in [2.75, 3.05) is 6.61 Å². The van der Waals surface area contributed by atoms with E-state index in [0.29, 0.717) is 5.02 Å². The fraction of sp³-hybridized carbons (Fsp3) is 0.429. The molecule has 1 aliphatic rings. The molecular weight excluding hydrogens is 264 g/mol. The third kappa shape index (κ3) is 3.86. The van der Waals surface area contributed by atoms with Crippen LogP contribution in [0.1, 0.15) is 19.8 Å². The van der Waals surface area contributed by atoms with Gasteiger partial charge in [-0.3, -0.25) is 5.84 Å². The van der Waals surface area contributed by atoms with Gasteiger partial charge in [-0.2, -0.15) is 0 Å².